The first-order valence-corrected chi connectivity index (χ1v) is 9.18. The van der Waals surface area contributed by atoms with Gasteiger partial charge in [-0.15, -0.1) is 0 Å². The topological polar surface area (TPSA) is 0 Å². The molecule has 2 aliphatic carbocycles. The first kappa shape index (κ1) is 16.0. The normalized spacial score (nSPS) is 27.0. The predicted octanol–water partition coefficient (Wildman–Crippen LogP) is 6.70. The Balaban J connectivity index is 1.78. The molecular formula is C20H28F2. The molecule has 0 N–H and O–H groups in total. The predicted molar refractivity (Wildman–Crippen MR) is 87.2 cm³/mol. The molecule has 2 aliphatic rings. The van der Waals surface area contributed by atoms with E-state index in [9.17, 15) is 8.78 Å². The third-order valence-electron chi connectivity index (χ3n) is 6.05. The summed E-state index contributed by atoms with van der Waals surface area (Å²) in [5.74, 6) is 0.126. The van der Waals surface area contributed by atoms with Gasteiger partial charge in [0.15, 0.2) is 11.6 Å². The summed E-state index contributed by atoms with van der Waals surface area (Å²) in [6.45, 7) is 2.23. The maximum atomic E-state index is 14.6. The Hall–Kier alpha value is -0.920. The van der Waals surface area contributed by atoms with E-state index in [-0.39, 0.29) is 11.8 Å². The fourth-order valence-electron chi connectivity index (χ4n) is 4.51. The van der Waals surface area contributed by atoms with Crippen molar-refractivity contribution in [2.75, 3.05) is 0 Å². The van der Waals surface area contributed by atoms with Gasteiger partial charge in [-0.05, 0) is 67.4 Å². The van der Waals surface area contributed by atoms with Crippen LogP contribution in [0.15, 0.2) is 12.1 Å². The summed E-state index contributed by atoms with van der Waals surface area (Å²) in [6, 6.07) is 3.77. The van der Waals surface area contributed by atoms with E-state index in [1.165, 1.54) is 12.8 Å². The molecule has 0 heterocycles. The molecule has 2 heteroatoms. The van der Waals surface area contributed by atoms with Gasteiger partial charge in [0, 0.05) is 0 Å². The fourth-order valence-corrected chi connectivity index (χ4v) is 4.51. The van der Waals surface area contributed by atoms with Crippen LogP contribution in [-0.4, -0.2) is 0 Å². The van der Waals surface area contributed by atoms with Gasteiger partial charge >= 0.3 is 0 Å². The van der Waals surface area contributed by atoms with E-state index in [2.05, 4.69) is 6.92 Å². The number of hydrogen-bond acceptors (Lipinski definition) is 0. The van der Waals surface area contributed by atoms with Crippen molar-refractivity contribution in [3.8, 4) is 0 Å². The standard InChI is InChI=1S/C20H28F2/c1-2-14-8-10-16(11-9-14)18-13-12-17(19(21)20(18)22)15-6-4-3-5-7-15/h12-16H,2-11H2,1H3. The first-order valence-electron chi connectivity index (χ1n) is 9.18. The average Bonchev–Trinajstić information content (AvgIpc) is 2.58. The van der Waals surface area contributed by atoms with Gasteiger partial charge in [-0.25, -0.2) is 8.78 Å². The molecule has 1 aromatic rings. The molecule has 2 fully saturated rings. The van der Waals surface area contributed by atoms with Crippen LogP contribution in [0, 0.1) is 17.6 Å². The Morgan fingerprint density at radius 3 is 1.77 bits per heavy atom. The number of benzene rings is 1. The van der Waals surface area contributed by atoms with Crippen molar-refractivity contribution in [2.24, 2.45) is 5.92 Å². The van der Waals surface area contributed by atoms with Crippen molar-refractivity contribution >= 4 is 0 Å². The minimum atomic E-state index is -0.554. The molecule has 0 aromatic heterocycles. The molecule has 0 atom stereocenters. The van der Waals surface area contributed by atoms with Crippen LogP contribution in [0.4, 0.5) is 8.78 Å². The number of rotatable bonds is 3. The van der Waals surface area contributed by atoms with Gasteiger partial charge in [0.2, 0.25) is 0 Å². The second kappa shape index (κ2) is 7.10. The van der Waals surface area contributed by atoms with Crippen molar-refractivity contribution in [2.45, 2.75) is 83.0 Å². The first-order chi connectivity index (χ1) is 10.7. The zero-order valence-corrected chi connectivity index (χ0v) is 13.7. The average molecular weight is 306 g/mol. The summed E-state index contributed by atoms with van der Waals surface area (Å²) in [6.07, 6.45) is 11.1. The second-order valence-electron chi connectivity index (χ2n) is 7.33. The van der Waals surface area contributed by atoms with Crippen LogP contribution in [0.1, 0.15) is 94.1 Å². The van der Waals surface area contributed by atoms with Crippen LogP contribution in [0.3, 0.4) is 0 Å². The molecule has 0 spiro atoms. The van der Waals surface area contributed by atoms with Crippen LogP contribution in [-0.2, 0) is 0 Å². The molecule has 0 bridgehead atoms. The van der Waals surface area contributed by atoms with Crippen molar-refractivity contribution in [1.29, 1.82) is 0 Å². The highest BCUT2D eigenvalue weighted by Crippen LogP contribution is 2.40. The van der Waals surface area contributed by atoms with Crippen LogP contribution in [0.5, 0.6) is 0 Å². The summed E-state index contributed by atoms with van der Waals surface area (Å²) in [5.41, 5.74) is 1.26. The zero-order chi connectivity index (χ0) is 15.5. The van der Waals surface area contributed by atoms with Gasteiger partial charge in [0.1, 0.15) is 0 Å². The maximum absolute atomic E-state index is 14.6. The monoisotopic (exact) mass is 306 g/mol. The lowest BCUT2D eigenvalue weighted by molar-refractivity contribution is 0.312. The summed E-state index contributed by atoms with van der Waals surface area (Å²) < 4.78 is 29.2. The summed E-state index contributed by atoms with van der Waals surface area (Å²) in [4.78, 5) is 0. The molecule has 22 heavy (non-hydrogen) atoms. The Labute approximate surface area is 133 Å². The highest BCUT2D eigenvalue weighted by Gasteiger charge is 2.27. The molecule has 2 saturated carbocycles. The number of hydrogen-bond donors (Lipinski definition) is 0. The Morgan fingerprint density at radius 1 is 0.773 bits per heavy atom. The van der Waals surface area contributed by atoms with Gasteiger partial charge in [-0.1, -0.05) is 44.7 Å². The Kier molecular flexibility index (Phi) is 5.15. The van der Waals surface area contributed by atoms with Crippen LogP contribution in [0.2, 0.25) is 0 Å². The van der Waals surface area contributed by atoms with E-state index in [0.29, 0.717) is 11.1 Å². The van der Waals surface area contributed by atoms with Gasteiger partial charge < -0.3 is 0 Å². The molecule has 3 rings (SSSR count). The molecule has 0 unspecified atom stereocenters. The van der Waals surface area contributed by atoms with Gasteiger partial charge in [-0.2, -0.15) is 0 Å². The minimum Gasteiger partial charge on any atom is -0.203 e. The zero-order valence-electron chi connectivity index (χ0n) is 13.7. The van der Waals surface area contributed by atoms with Gasteiger partial charge in [-0.3, -0.25) is 0 Å². The molecular weight excluding hydrogens is 278 g/mol. The van der Waals surface area contributed by atoms with Crippen LogP contribution in [0.25, 0.3) is 0 Å². The molecule has 0 amide bonds. The van der Waals surface area contributed by atoms with E-state index in [0.717, 1.165) is 57.3 Å². The van der Waals surface area contributed by atoms with E-state index in [1.807, 2.05) is 12.1 Å². The van der Waals surface area contributed by atoms with Crippen molar-refractivity contribution in [3.63, 3.8) is 0 Å². The molecule has 0 aliphatic heterocycles. The van der Waals surface area contributed by atoms with Crippen LogP contribution >= 0.6 is 0 Å². The van der Waals surface area contributed by atoms with Crippen molar-refractivity contribution in [1.82, 2.24) is 0 Å². The lowest BCUT2D eigenvalue weighted by Gasteiger charge is -2.29. The van der Waals surface area contributed by atoms with Crippen molar-refractivity contribution < 1.29 is 8.78 Å². The Bertz CT molecular complexity index is 495. The molecule has 1 aromatic carbocycles. The van der Waals surface area contributed by atoms with E-state index in [1.54, 1.807) is 0 Å². The van der Waals surface area contributed by atoms with E-state index >= 15 is 0 Å². The third-order valence-corrected chi connectivity index (χ3v) is 6.05. The molecule has 0 radical (unpaired) electrons. The lowest BCUT2D eigenvalue weighted by Crippen LogP contribution is -2.15. The largest absolute Gasteiger partial charge is 0.203 e. The van der Waals surface area contributed by atoms with Crippen molar-refractivity contribution in [3.05, 3.63) is 34.9 Å². The molecule has 122 valence electrons. The van der Waals surface area contributed by atoms with Gasteiger partial charge in [0.25, 0.3) is 0 Å². The molecule has 0 nitrogen and oxygen atoms in total. The lowest BCUT2D eigenvalue weighted by atomic mass is 9.76. The van der Waals surface area contributed by atoms with E-state index in [4.69, 9.17) is 0 Å². The molecule has 0 saturated heterocycles. The fraction of sp³-hybridized carbons (Fsp3) is 0.700. The Morgan fingerprint density at radius 2 is 1.27 bits per heavy atom. The summed E-state index contributed by atoms with van der Waals surface area (Å²) in [7, 11) is 0. The van der Waals surface area contributed by atoms with Gasteiger partial charge in [0.05, 0.1) is 0 Å². The minimum absolute atomic E-state index is 0.220. The van der Waals surface area contributed by atoms with Crippen LogP contribution < -0.4 is 0 Å². The SMILES string of the molecule is CCC1CCC(c2ccc(C3CCCCC3)c(F)c2F)CC1. The quantitative estimate of drug-likeness (QED) is 0.583. The summed E-state index contributed by atoms with van der Waals surface area (Å²) >= 11 is 0. The van der Waals surface area contributed by atoms with E-state index < -0.39 is 11.6 Å². The second-order valence-corrected chi connectivity index (χ2v) is 7.33. The summed E-state index contributed by atoms with van der Waals surface area (Å²) in [5, 5.41) is 0. The third kappa shape index (κ3) is 3.21. The smallest absolute Gasteiger partial charge is 0.162 e. The number of halogens is 2. The maximum Gasteiger partial charge on any atom is 0.162 e. The highest BCUT2D eigenvalue weighted by molar-refractivity contribution is 5.31. The highest BCUT2D eigenvalue weighted by atomic mass is 19.2.